The lowest BCUT2D eigenvalue weighted by atomic mass is 10.2. The Hall–Kier alpha value is -2.35. The van der Waals surface area contributed by atoms with Gasteiger partial charge in [0.05, 0.1) is 10.6 Å². The summed E-state index contributed by atoms with van der Waals surface area (Å²) in [4.78, 5) is 26.7. The number of phenolic OH excluding ortho intramolecular Hbond substituents is 1. The summed E-state index contributed by atoms with van der Waals surface area (Å²) in [5.41, 5.74) is 1.12. The number of thiocarbonyl (C=S) groups is 1. The molecule has 2 aromatic carbocycles. The molecule has 2 aromatic rings. The summed E-state index contributed by atoms with van der Waals surface area (Å²) in [6, 6.07) is 13.8. The lowest BCUT2D eigenvalue weighted by Gasteiger charge is -2.14. The number of benzene rings is 2. The molecule has 28 heavy (non-hydrogen) atoms. The molecule has 8 heteroatoms. The van der Waals surface area contributed by atoms with Crippen LogP contribution in [0.25, 0.3) is 6.08 Å². The van der Waals surface area contributed by atoms with Crippen LogP contribution in [0.5, 0.6) is 5.75 Å². The standard InChI is InChI=1S/C20H17ClN2O3S2/c21-14-7-2-1-6-13(14)12-17-19(26)23(20(27)28-17)11-5-10-18(25)22-15-8-3-4-9-16(15)24/h1-4,6-9,12,24H,5,10-11H2,(H,22,25). The molecule has 0 radical (unpaired) electrons. The van der Waals surface area contributed by atoms with Gasteiger partial charge in [-0.15, -0.1) is 0 Å². The lowest BCUT2D eigenvalue weighted by Crippen LogP contribution is -2.29. The number of amides is 2. The van der Waals surface area contributed by atoms with Crippen molar-refractivity contribution in [2.24, 2.45) is 0 Å². The molecule has 0 bridgehead atoms. The number of carbonyl (C=O) groups is 2. The Morgan fingerprint density at radius 2 is 1.93 bits per heavy atom. The minimum absolute atomic E-state index is 0.0116. The van der Waals surface area contributed by atoms with Gasteiger partial charge < -0.3 is 10.4 Å². The third-order valence-corrected chi connectivity index (χ3v) is 5.75. The number of anilines is 1. The number of nitrogens with zero attached hydrogens (tertiary/aromatic N) is 1. The molecule has 1 fully saturated rings. The van der Waals surface area contributed by atoms with Gasteiger partial charge in [0, 0.05) is 18.0 Å². The SMILES string of the molecule is O=C(CCCN1C(=O)C(=Cc2ccccc2Cl)SC1=S)Nc1ccccc1O. The molecule has 2 amide bonds. The molecule has 0 aliphatic carbocycles. The first kappa shape index (κ1) is 20.4. The summed E-state index contributed by atoms with van der Waals surface area (Å²) in [5.74, 6) is -0.410. The summed E-state index contributed by atoms with van der Waals surface area (Å²) in [6.07, 6.45) is 2.38. The fourth-order valence-corrected chi connectivity index (χ4v) is 4.11. The van der Waals surface area contributed by atoms with Crippen molar-refractivity contribution in [3.05, 3.63) is 64.0 Å². The maximum Gasteiger partial charge on any atom is 0.266 e. The fourth-order valence-electron chi connectivity index (χ4n) is 2.62. The number of carbonyl (C=O) groups excluding carboxylic acids is 2. The Labute approximate surface area is 177 Å². The molecule has 0 unspecified atom stereocenters. The second-order valence-corrected chi connectivity index (χ2v) is 8.11. The maximum absolute atomic E-state index is 12.6. The number of rotatable bonds is 6. The number of para-hydroxylation sites is 2. The van der Waals surface area contributed by atoms with Crippen molar-refractivity contribution in [1.29, 1.82) is 0 Å². The molecular weight excluding hydrogens is 416 g/mol. The number of phenols is 1. The van der Waals surface area contributed by atoms with Crippen molar-refractivity contribution in [3.8, 4) is 5.75 Å². The first-order chi connectivity index (χ1) is 13.5. The van der Waals surface area contributed by atoms with E-state index in [0.717, 1.165) is 5.56 Å². The average molecular weight is 433 g/mol. The van der Waals surface area contributed by atoms with Gasteiger partial charge in [-0.1, -0.05) is 65.9 Å². The monoisotopic (exact) mass is 432 g/mol. The molecule has 1 heterocycles. The van der Waals surface area contributed by atoms with Crippen LogP contribution in [0.15, 0.2) is 53.4 Å². The van der Waals surface area contributed by atoms with Crippen molar-refractivity contribution in [2.45, 2.75) is 12.8 Å². The summed E-state index contributed by atoms with van der Waals surface area (Å²) < 4.78 is 0.462. The third-order valence-electron chi connectivity index (χ3n) is 4.03. The molecule has 5 nitrogen and oxygen atoms in total. The molecule has 2 N–H and O–H groups in total. The lowest BCUT2D eigenvalue weighted by molar-refractivity contribution is -0.122. The molecule has 0 saturated carbocycles. The van der Waals surface area contributed by atoms with Gasteiger partial charge in [-0.3, -0.25) is 14.5 Å². The highest BCUT2D eigenvalue weighted by Crippen LogP contribution is 2.33. The van der Waals surface area contributed by atoms with Crippen LogP contribution < -0.4 is 5.32 Å². The molecule has 1 aliphatic heterocycles. The van der Waals surface area contributed by atoms with Crippen LogP contribution in [0.2, 0.25) is 5.02 Å². The number of aromatic hydroxyl groups is 1. The smallest absolute Gasteiger partial charge is 0.266 e. The Morgan fingerprint density at radius 1 is 1.21 bits per heavy atom. The summed E-state index contributed by atoms with van der Waals surface area (Å²) in [6.45, 7) is 0.346. The van der Waals surface area contributed by atoms with Gasteiger partial charge in [0.1, 0.15) is 10.1 Å². The molecular formula is C20H17ClN2O3S2. The summed E-state index contributed by atoms with van der Waals surface area (Å²) in [7, 11) is 0. The predicted molar refractivity (Wildman–Crippen MR) is 117 cm³/mol. The fraction of sp³-hybridized carbons (Fsp3) is 0.150. The van der Waals surface area contributed by atoms with Gasteiger partial charge in [0.15, 0.2) is 0 Å². The van der Waals surface area contributed by atoms with E-state index in [9.17, 15) is 14.7 Å². The van der Waals surface area contributed by atoms with E-state index >= 15 is 0 Å². The van der Waals surface area contributed by atoms with Crippen LogP contribution in [-0.2, 0) is 9.59 Å². The molecule has 1 saturated heterocycles. The molecule has 0 spiro atoms. The zero-order valence-corrected chi connectivity index (χ0v) is 17.1. The highest BCUT2D eigenvalue weighted by atomic mass is 35.5. The quantitative estimate of drug-likeness (QED) is 0.394. The number of hydrogen-bond acceptors (Lipinski definition) is 5. The molecule has 3 rings (SSSR count). The van der Waals surface area contributed by atoms with E-state index in [4.69, 9.17) is 23.8 Å². The summed E-state index contributed by atoms with van der Waals surface area (Å²) >= 11 is 12.7. The minimum atomic E-state index is -0.237. The van der Waals surface area contributed by atoms with Gasteiger partial charge >= 0.3 is 0 Å². The Bertz CT molecular complexity index is 962. The van der Waals surface area contributed by atoms with Gasteiger partial charge in [0.25, 0.3) is 5.91 Å². The first-order valence-corrected chi connectivity index (χ1v) is 10.1. The van der Waals surface area contributed by atoms with Gasteiger partial charge in [-0.2, -0.15) is 0 Å². The first-order valence-electron chi connectivity index (χ1n) is 8.53. The van der Waals surface area contributed by atoms with Crippen molar-refractivity contribution in [2.75, 3.05) is 11.9 Å². The van der Waals surface area contributed by atoms with E-state index in [2.05, 4.69) is 5.32 Å². The second-order valence-electron chi connectivity index (χ2n) is 6.02. The van der Waals surface area contributed by atoms with E-state index in [1.807, 2.05) is 18.2 Å². The number of hydrogen-bond donors (Lipinski definition) is 2. The van der Waals surface area contributed by atoms with Gasteiger partial charge in [-0.25, -0.2) is 0 Å². The van der Waals surface area contributed by atoms with Crippen LogP contribution in [0.3, 0.4) is 0 Å². The van der Waals surface area contributed by atoms with Crippen LogP contribution in [-0.4, -0.2) is 32.7 Å². The molecule has 1 aliphatic rings. The minimum Gasteiger partial charge on any atom is -0.506 e. The molecule has 0 atom stereocenters. The predicted octanol–water partition coefficient (Wildman–Crippen LogP) is 4.67. The van der Waals surface area contributed by atoms with Crippen LogP contribution in [0.4, 0.5) is 5.69 Å². The van der Waals surface area contributed by atoms with Crippen molar-refractivity contribution in [3.63, 3.8) is 0 Å². The number of halogens is 1. The molecule has 144 valence electrons. The topological polar surface area (TPSA) is 69.6 Å². The van der Waals surface area contributed by atoms with Crippen molar-refractivity contribution in [1.82, 2.24) is 4.90 Å². The van der Waals surface area contributed by atoms with E-state index in [1.54, 1.807) is 30.3 Å². The maximum atomic E-state index is 12.6. The largest absolute Gasteiger partial charge is 0.506 e. The zero-order valence-electron chi connectivity index (χ0n) is 14.7. The van der Waals surface area contributed by atoms with Crippen LogP contribution >= 0.6 is 35.6 Å². The third kappa shape index (κ3) is 4.92. The zero-order chi connectivity index (χ0) is 20.1. The van der Waals surface area contributed by atoms with Crippen LogP contribution in [0, 0.1) is 0 Å². The highest BCUT2D eigenvalue weighted by molar-refractivity contribution is 8.26. The Balaban J connectivity index is 1.56. The van der Waals surface area contributed by atoms with Gasteiger partial charge in [-0.05, 0) is 36.3 Å². The van der Waals surface area contributed by atoms with Gasteiger partial charge in [0.2, 0.25) is 5.91 Å². The highest BCUT2D eigenvalue weighted by Gasteiger charge is 2.31. The second kappa shape index (κ2) is 9.23. The van der Waals surface area contributed by atoms with Crippen molar-refractivity contribution < 1.29 is 14.7 Å². The van der Waals surface area contributed by atoms with E-state index in [-0.39, 0.29) is 24.0 Å². The average Bonchev–Trinajstić information content (AvgIpc) is 2.93. The normalized spacial score (nSPS) is 15.3. The van der Waals surface area contributed by atoms with E-state index in [1.165, 1.54) is 22.7 Å². The summed E-state index contributed by atoms with van der Waals surface area (Å²) in [5, 5.41) is 12.9. The number of nitrogens with one attached hydrogen (secondary N) is 1. The van der Waals surface area contributed by atoms with E-state index in [0.29, 0.717) is 32.9 Å². The Morgan fingerprint density at radius 3 is 2.68 bits per heavy atom. The molecule has 0 aromatic heterocycles. The van der Waals surface area contributed by atoms with Crippen LogP contribution in [0.1, 0.15) is 18.4 Å². The van der Waals surface area contributed by atoms with E-state index < -0.39 is 0 Å². The van der Waals surface area contributed by atoms with Crippen molar-refractivity contribution >= 4 is 63.5 Å². The Kier molecular flexibility index (Phi) is 6.72. The number of thioether (sulfide) groups is 1.